The Morgan fingerprint density at radius 3 is 2.29 bits per heavy atom. The van der Waals surface area contributed by atoms with E-state index >= 15 is 0 Å². The van der Waals surface area contributed by atoms with Gasteiger partial charge in [-0.1, -0.05) is 0 Å². The zero-order chi connectivity index (χ0) is 13.1. The van der Waals surface area contributed by atoms with Crippen molar-refractivity contribution in [2.24, 2.45) is 0 Å². The normalized spacial score (nSPS) is 23.6. The summed E-state index contributed by atoms with van der Waals surface area (Å²) in [4.78, 5) is 1.70. The van der Waals surface area contributed by atoms with Crippen LogP contribution in [0.25, 0.3) is 0 Å². The number of alkyl halides is 3. The first-order chi connectivity index (χ1) is 7.78. The molecule has 1 fully saturated rings. The van der Waals surface area contributed by atoms with Crippen molar-refractivity contribution in [3.63, 3.8) is 0 Å². The fourth-order valence-electron chi connectivity index (χ4n) is 1.93. The van der Waals surface area contributed by atoms with E-state index in [0.717, 1.165) is 0 Å². The Labute approximate surface area is 98.0 Å². The van der Waals surface area contributed by atoms with E-state index in [1.54, 1.807) is 4.90 Å². The number of ether oxygens (including phenoxy) is 1. The maximum Gasteiger partial charge on any atom is 0.417 e. The highest BCUT2D eigenvalue weighted by Crippen LogP contribution is 2.38. The summed E-state index contributed by atoms with van der Waals surface area (Å²) < 4.78 is 42.2. The largest absolute Gasteiger partial charge is 0.417 e. The van der Waals surface area contributed by atoms with E-state index < -0.39 is 17.9 Å². The molecule has 4 nitrogen and oxygen atoms in total. The number of methoxy groups -OCH3 is 1. The molecule has 1 rings (SSSR count). The minimum absolute atomic E-state index is 0.122. The molecule has 7 heteroatoms. The average Bonchev–Trinajstić information content (AvgIpc) is 2.20. The molecule has 102 valence electrons. The summed E-state index contributed by atoms with van der Waals surface area (Å²) in [6.07, 6.45) is -5.99. The number of aliphatic hydroxyl groups is 2. The molecule has 1 unspecified atom stereocenters. The van der Waals surface area contributed by atoms with Crippen molar-refractivity contribution in [2.75, 3.05) is 33.4 Å². The summed E-state index contributed by atoms with van der Waals surface area (Å²) in [5.74, 6) is 0. The molecular formula is C10H18F3NO3. The van der Waals surface area contributed by atoms with Crippen molar-refractivity contribution in [2.45, 2.75) is 30.7 Å². The predicted octanol–water partition coefficient (Wildman–Crippen LogP) is 0.383. The van der Waals surface area contributed by atoms with Crippen LogP contribution in [0.1, 0.15) is 12.8 Å². The van der Waals surface area contributed by atoms with Crippen LogP contribution in [-0.4, -0.2) is 66.3 Å². The van der Waals surface area contributed by atoms with Crippen LogP contribution in [0.2, 0.25) is 0 Å². The minimum Gasteiger partial charge on any atom is -0.389 e. The summed E-state index contributed by atoms with van der Waals surface area (Å²) in [6, 6.07) is 0. The lowest BCUT2D eigenvalue weighted by atomic mass is 9.90. The van der Waals surface area contributed by atoms with Crippen molar-refractivity contribution >= 4 is 0 Å². The van der Waals surface area contributed by atoms with Gasteiger partial charge in [0.2, 0.25) is 0 Å². The maximum atomic E-state index is 12.5. The predicted molar refractivity (Wildman–Crippen MR) is 54.6 cm³/mol. The number of aliphatic hydroxyl groups excluding tert-OH is 1. The molecule has 1 atom stereocenters. The molecule has 0 bridgehead atoms. The minimum atomic E-state index is -4.58. The Kier molecular flexibility index (Phi) is 4.77. The van der Waals surface area contributed by atoms with Gasteiger partial charge in [0.1, 0.15) is 0 Å². The van der Waals surface area contributed by atoms with Gasteiger partial charge < -0.3 is 19.8 Å². The lowest BCUT2D eigenvalue weighted by Gasteiger charge is -2.39. The summed E-state index contributed by atoms with van der Waals surface area (Å²) >= 11 is 0. The Morgan fingerprint density at radius 2 is 1.88 bits per heavy atom. The van der Waals surface area contributed by atoms with Crippen molar-refractivity contribution < 1.29 is 28.1 Å². The van der Waals surface area contributed by atoms with Gasteiger partial charge in [0, 0.05) is 26.7 Å². The topological polar surface area (TPSA) is 52.9 Å². The third-order valence-electron chi connectivity index (χ3n) is 3.04. The number of likely N-dealkylation sites (tertiary alicyclic amines) is 1. The SMILES string of the molecule is COCC(O)CN1CCC(O)(C(F)(F)F)CC1. The molecule has 0 amide bonds. The van der Waals surface area contributed by atoms with E-state index in [4.69, 9.17) is 4.74 Å². The van der Waals surface area contributed by atoms with E-state index in [-0.39, 0.29) is 39.1 Å². The molecule has 0 aromatic heterocycles. The van der Waals surface area contributed by atoms with Crippen LogP contribution >= 0.6 is 0 Å². The van der Waals surface area contributed by atoms with Crippen molar-refractivity contribution in [3.8, 4) is 0 Å². The number of rotatable bonds is 4. The lowest BCUT2D eigenvalue weighted by molar-refractivity contribution is -0.273. The fraction of sp³-hybridized carbons (Fsp3) is 1.00. The Morgan fingerprint density at radius 1 is 1.35 bits per heavy atom. The highest BCUT2D eigenvalue weighted by molar-refractivity contribution is 4.92. The third-order valence-corrected chi connectivity index (χ3v) is 3.04. The van der Waals surface area contributed by atoms with E-state index in [2.05, 4.69) is 0 Å². The molecule has 1 heterocycles. The monoisotopic (exact) mass is 257 g/mol. The number of hydrogen-bond donors (Lipinski definition) is 2. The van der Waals surface area contributed by atoms with Gasteiger partial charge in [0.15, 0.2) is 5.60 Å². The van der Waals surface area contributed by atoms with Crippen LogP contribution in [0.4, 0.5) is 13.2 Å². The molecule has 1 aliphatic rings. The van der Waals surface area contributed by atoms with Gasteiger partial charge in [-0.15, -0.1) is 0 Å². The molecular weight excluding hydrogens is 239 g/mol. The molecule has 17 heavy (non-hydrogen) atoms. The summed E-state index contributed by atoms with van der Waals surface area (Å²) in [7, 11) is 1.45. The molecule has 0 radical (unpaired) electrons. The molecule has 0 aromatic carbocycles. The van der Waals surface area contributed by atoms with Crippen LogP contribution in [0, 0.1) is 0 Å². The van der Waals surface area contributed by atoms with E-state index in [0.29, 0.717) is 0 Å². The Bertz CT molecular complexity index is 239. The number of nitrogens with zero attached hydrogens (tertiary/aromatic N) is 1. The van der Waals surface area contributed by atoms with Crippen molar-refractivity contribution in [3.05, 3.63) is 0 Å². The van der Waals surface area contributed by atoms with E-state index in [9.17, 15) is 23.4 Å². The van der Waals surface area contributed by atoms with Gasteiger partial charge in [-0.2, -0.15) is 13.2 Å². The van der Waals surface area contributed by atoms with E-state index in [1.807, 2.05) is 0 Å². The van der Waals surface area contributed by atoms with Gasteiger partial charge in [-0.3, -0.25) is 0 Å². The molecule has 1 aliphatic heterocycles. The summed E-state index contributed by atoms with van der Waals surface area (Å²) in [6.45, 7) is 0.662. The molecule has 2 N–H and O–H groups in total. The lowest BCUT2D eigenvalue weighted by Crippen LogP contribution is -2.54. The zero-order valence-electron chi connectivity index (χ0n) is 9.70. The number of halogens is 3. The quantitative estimate of drug-likeness (QED) is 0.764. The van der Waals surface area contributed by atoms with Crippen LogP contribution in [0.3, 0.4) is 0 Å². The zero-order valence-corrected chi connectivity index (χ0v) is 9.70. The number of piperidine rings is 1. The smallest absolute Gasteiger partial charge is 0.389 e. The van der Waals surface area contributed by atoms with Gasteiger partial charge in [-0.25, -0.2) is 0 Å². The Hall–Kier alpha value is -0.370. The second kappa shape index (κ2) is 5.51. The molecule has 1 saturated heterocycles. The maximum absolute atomic E-state index is 12.5. The third kappa shape index (κ3) is 3.80. The molecule has 0 spiro atoms. The fourth-order valence-corrected chi connectivity index (χ4v) is 1.93. The molecule has 0 aliphatic carbocycles. The van der Waals surface area contributed by atoms with Gasteiger partial charge in [0.05, 0.1) is 12.7 Å². The highest BCUT2D eigenvalue weighted by atomic mass is 19.4. The first kappa shape index (κ1) is 14.7. The van der Waals surface area contributed by atoms with Crippen LogP contribution in [0.5, 0.6) is 0 Å². The van der Waals surface area contributed by atoms with Gasteiger partial charge >= 0.3 is 6.18 Å². The standard InChI is InChI=1S/C10H18F3NO3/c1-17-7-8(15)6-14-4-2-9(16,3-5-14)10(11,12)13/h8,15-16H,2-7H2,1H3. The summed E-state index contributed by atoms with van der Waals surface area (Å²) in [5, 5.41) is 18.9. The van der Waals surface area contributed by atoms with Crippen molar-refractivity contribution in [1.82, 2.24) is 4.90 Å². The second-order valence-corrected chi connectivity index (χ2v) is 4.44. The molecule has 0 saturated carbocycles. The van der Waals surface area contributed by atoms with Gasteiger partial charge in [0.25, 0.3) is 0 Å². The van der Waals surface area contributed by atoms with Crippen LogP contribution < -0.4 is 0 Å². The Balaban J connectivity index is 2.41. The van der Waals surface area contributed by atoms with Crippen molar-refractivity contribution in [1.29, 1.82) is 0 Å². The summed E-state index contributed by atoms with van der Waals surface area (Å²) in [5.41, 5.74) is -2.57. The highest BCUT2D eigenvalue weighted by Gasteiger charge is 2.54. The van der Waals surface area contributed by atoms with E-state index in [1.165, 1.54) is 7.11 Å². The number of hydrogen-bond acceptors (Lipinski definition) is 4. The van der Waals surface area contributed by atoms with Crippen LogP contribution in [-0.2, 0) is 4.74 Å². The molecule has 0 aromatic rings. The van der Waals surface area contributed by atoms with Crippen LogP contribution in [0.15, 0.2) is 0 Å². The average molecular weight is 257 g/mol. The first-order valence-corrected chi connectivity index (χ1v) is 5.47. The second-order valence-electron chi connectivity index (χ2n) is 4.44. The van der Waals surface area contributed by atoms with Gasteiger partial charge in [-0.05, 0) is 12.8 Å². The first-order valence-electron chi connectivity index (χ1n) is 5.47. The number of β-amino-alcohol motifs (C(OH)–C–C–N with tert-alkyl or cyclic N) is 1.